The molecule has 0 spiro atoms. The maximum Gasteiger partial charge on any atom is 0.252 e. The SMILES string of the molecule is CC(C)N1CCC(CNC(=O)c2ccc(-c3cccc(F)c3)nc2)C1. The number of rotatable bonds is 5. The van der Waals surface area contributed by atoms with E-state index in [0.717, 1.165) is 19.5 Å². The highest BCUT2D eigenvalue weighted by molar-refractivity contribution is 5.94. The van der Waals surface area contributed by atoms with E-state index in [1.54, 1.807) is 30.5 Å². The summed E-state index contributed by atoms with van der Waals surface area (Å²) in [6.45, 7) is 7.23. The fraction of sp³-hybridized carbons (Fsp3) is 0.400. The molecule has 1 N–H and O–H groups in total. The summed E-state index contributed by atoms with van der Waals surface area (Å²) in [7, 11) is 0. The van der Waals surface area contributed by atoms with Crippen LogP contribution in [0.4, 0.5) is 4.39 Å². The first kappa shape index (κ1) is 17.5. The maximum atomic E-state index is 13.3. The van der Waals surface area contributed by atoms with Gasteiger partial charge in [0.1, 0.15) is 5.82 Å². The number of amides is 1. The van der Waals surface area contributed by atoms with Gasteiger partial charge in [-0.1, -0.05) is 12.1 Å². The molecule has 5 heteroatoms. The molecule has 4 nitrogen and oxygen atoms in total. The summed E-state index contributed by atoms with van der Waals surface area (Å²) in [5.41, 5.74) is 1.88. The van der Waals surface area contributed by atoms with Gasteiger partial charge in [-0.2, -0.15) is 0 Å². The van der Waals surface area contributed by atoms with Crippen LogP contribution in [-0.4, -0.2) is 41.5 Å². The normalized spacial score (nSPS) is 17.8. The Bertz CT molecular complexity index is 730. The molecule has 1 atom stereocenters. The Morgan fingerprint density at radius 1 is 1.36 bits per heavy atom. The molecule has 0 bridgehead atoms. The Morgan fingerprint density at radius 2 is 2.20 bits per heavy atom. The van der Waals surface area contributed by atoms with E-state index in [2.05, 4.69) is 29.0 Å². The lowest BCUT2D eigenvalue weighted by molar-refractivity contribution is 0.0947. The van der Waals surface area contributed by atoms with E-state index >= 15 is 0 Å². The first-order chi connectivity index (χ1) is 12.0. The zero-order valence-electron chi connectivity index (χ0n) is 14.7. The van der Waals surface area contributed by atoms with Gasteiger partial charge in [0, 0.05) is 30.9 Å². The molecule has 1 aromatic carbocycles. The zero-order chi connectivity index (χ0) is 17.8. The number of likely N-dealkylation sites (tertiary alicyclic amines) is 1. The highest BCUT2D eigenvalue weighted by Crippen LogP contribution is 2.19. The van der Waals surface area contributed by atoms with Gasteiger partial charge in [0.15, 0.2) is 0 Å². The molecular weight excluding hydrogens is 317 g/mol. The lowest BCUT2D eigenvalue weighted by Gasteiger charge is -2.20. The third-order valence-corrected chi connectivity index (χ3v) is 4.74. The van der Waals surface area contributed by atoms with Crippen molar-refractivity contribution in [1.29, 1.82) is 0 Å². The second-order valence-corrected chi connectivity index (χ2v) is 6.90. The van der Waals surface area contributed by atoms with Gasteiger partial charge in [-0.3, -0.25) is 9.78 Å². The summed E-state index contributed by atoms with van der Waals surface area (Å²) in [6.07, 6.45) is 2.67. The van der Waals surface area contributed by atoms with Crippen LogP contribution in [0.25, 0.3) is 11.3 Å². The second-order valence-electron chi connectivity index (χ2n) is 6.90. The van der Waals surface area contributed by atoms with Gasteiger partial charge in [0.25, 0.3) is 5.91 Å². The van der Waals surface area contributed by atoms with E-state index in [0.29, 0.717) is 35.3 Å². The summed E-state index contributed by atoms with van der Waals surface area (Å²) >= 11 is 0. The highest BCUT2D eigenvalue weighted by Gasteiger charge is 2.24. The third-order valence-electron chi connectivity index (χ3n) is 4.74. The van der Waals surface area contributed by atoms with E-state index in [1.807, 2.05) is 0 Å². The van der Waals surface area contributed by atoms with Gasteiger partial charge in [0.2, 0.25) is 0 Å². The average molecular weight is 341 g/mol. The smallest absolute Gasteiger partial charge is 0.252 e. The van der Waals surface area contributed by atoms with Gasteiger partial charge in [0.05, 0.1) is 11.3 Å². The molecule has 1 fully saturated rings. The molecule has 132 valence electrons. The molecule has 1 aliphatic rings. The number of nitrogens with zero attached hydrogens (tertiary/aromatic N) is 2. The quantitative estimate of drug-likeness (QED) is 0.907. The zero-order valence-corrected chi connectivity index (χ0v) is 14.7. The van der Waals surface area contributed by atoms with Crippen LogP contribution >= 0.6 is 0 Å². The van der Waals surface area contributed by atoms with E-state index < -0.39 is 0 Å². The van der Waals surface area contributed by atoms with E-state index in [1.165, 1.54) is 12.1 Å². The molecule has 2 aromatic rings. The molecule has 0 aliphatic carbocycles. The number of halogens is 1. The molecule has 2 heterocycles. The number of nitrogens with one attached hydrogen (secondary N) is 1. The van der Waals surface area contributed by atoms with Crippen LogP contribution in [-0.2, 0) is 0 Å². The number of hydrogen-bond donors (Lipinski definition) is 1. The largest absolute Gasteiger partial charge is 0.352 e. The van der Waals surface area contributed by atoms with Gasteiger partial charge >= 0.3 is 0 Å². The maximum absolute atomic E-state index is 13.3. The number of hydrogen-bond acceptors (Lipinski definition) is 3. The first-order valence-electron chi connectivity index (χ1n) is 8.77. The molecule has 1 aliphatic heterocycles. The summed E-state index contributed by atoms with van der Waals surface area (Å²) < 4.78 is 13.3. The molecule has 1 aromatic heterocycles. The Balaban J connectivity index is 1.56. The minimum Gasteiger partial charge on any atom is -0.352 e. The van der Waals surface area contributed by atoms with Crippen LogP contribution in [0.1, 0.15) is 30.6 Å². The van der Waals surface area contributed by atoms with Crippen molar-refractivity contribution in [3.8, 4) is 11.3 Å². The van der Waals surface area contributed by atoms with Crippen molar-refractivity contribution in [2.45, 2.75) is 26.3 Å². The molecule has 1 amide bonds. The Kier molecular flexibility index (Phi) is 5.43. The molecule has 1 unspecified atom stereocenters. The highest BCUT2D eigenvalue weighted by atomic mass is 19.1. The van der Waals surface area contributed by atoms with E-state index in [4.69, 9.17) is 0 Å². The van der Waals surface area contributed by atoms with Crippen molar-refractivity contribution in [2.75, 3.05) is 19.6 Å². The van der Waals surface area contributed by atoms with Crippen LogP contribution in [0.2, 0.25) is 0 Å². The molecule has 25 heavy (non-hydrogen) atoms. The van der Waals surface area contributed by atoms with Gasteiger partial charge in [-0.25, -0.2) is 4.39 Å². The van der Waals surface area contributed by atoms with Gasteiger partial charge in [-0.15, -0.1) is 0 Å². The van der Waals surface area contributed by atoms with Gasteiger partial charge < -0.3 is 10.2 Å². The Morgan fingerprint density at radius 3 is 2.84 bits per heavy atom. The molecular formula is C20H24FN3O. The molecule has 0 radical (unpaired) electrons. The van der Waals surface area contributed by atoms with Crippen molar-refractivity contribution in [2.24, 2.45) is 5.92 Å². The van der Waals surface area contributed by atoms with Crippen molar-refractivity contribution >= 4 is 5.91 Å². The topological polar surface area (TPSA) is 45.2 Å². The molecule has 1 saturated heterocycles. The van der Waals surface area contributed by atoms with Crippen LogP contribution in [0.5, 0.6) is 0 Å². The predicted molar refractivity (Wildman–Crippen MR) is 96.8 cm³/mol. The number of carbonyl (C=O) groups is 1. The van der Waals surface area contributed by atoms with E-state index in [9.17, 15) is 9.18 Å². The van der Waals surface area contributed by atoms with Crippen molar-refractivity contribution in [3.63, 3.8) is 0 Å². The van der Waals surface area contributed by atoms with Crippen LogP contribution < -0.4 is 5.32 Å². The Hall–Kier alpha value is -2.27. The van der Waals surface area contributed by atoms with Crippen LogP contribution in [0, 0.1) is 11.7 Å². The third kappa shape index (κ3) is 4.42. The summed E-state index contributed by atoms with van der Waals surface area (Å²) in [5, 5.41) is 3.00. The predicted octanol–water partition coefficient (Wildman–Crippen LogP) is 3.35. The van der Waals surface area contributed by atoms with Crippen molar-refractivity contribution in [1.82, 2.24) is 15.2 Å². The Labute approximate surface area is 148 Å². The lowest BCUT2D eigenvalue weighted by Crippen LogP contribution is -2.33. The number of carbonyl (C=O) groups excluding carboxylic acids is 1. The standard InChI is InChI=1S/C20H24FN3O/c1-14(2)24-9-8-15(13-24)11-23-20(25)17-6-7-19(22-12-17)16-4-3-5-18(21)10-16/h3-7,10,12,14-15H,8-9,11,13H2,1-2H3,(H,23,25). The van der Waals surface area contributed by atoms with Crippen molar-refractivity contribution < 1.29 is 9.18 Å². The monoisotopic (exact) mass is 341 g/mol. The van der Waals surface area contributed by atoms with Gasteiger partial charge in [-0.05, 0) is 57.0 Å². The fourth-order valence-electron chi connectivity index (χ4n) is 3.18. The second kappa shape index (κ2) is 7.74. The molecule has 0 saturated carbocycles. The summed E-state index contributed by atoms with van der Waals surface area (Å²) in [4.78, 5) is 19.0. The van der Waals surface area contributed by atoms with Crippen LogP contribution in [0.3, 0.4) is 0 Å². The first-order valence-corrected chi connectivity index (χ1v) is 8.77. The minimum absolute atomic E-state index is 0.110. The summed E-state index contributed by atoms with van der Waals surface area (Å²) in [6, 6.07) is 10.3. The van der Waals surface area contributed by atoms with Crippen molar-refractivity contribution in [3.05, 3.63) is 54.0 Å². The average Bonchev–Trinajstić information content (AvgIpc) is 3.09. The minimum atomic E-state index is -0.298. The number of pyridine rings is 1. The van der Waals surface area contributed by atoms with Crippen LogP contribution in [0.15, 0.2) is 42.6 Å². The molecule has 3 rings (SSSR count). The fourth-order valence-corrected chi connectivity index (χ4v) is 3.18. The summed E-state index contributed by atoms with van der Waals surface area (Å²) in [5.74, 6) is 0.0975. The number of benzene rings is 1. The van der Waals surface area contributed by atoms with E-state index in [-0.39, 0.29) is 11.7 Å². The number of aromatic nitrogens is 1. The lowest BCUT2D eigenvalue weighted by atomic mass is 10.1.